The van der Waals surface area contributed by atoms with Gasteiger partial charge in [0.15, 0.2) is 0 Å². The van der Waals surface area contributed by atoms with Gasteiger partial charge in [0.1, 0.15) is 24.2 Å². The van der Waals surface area contributed by atoms with Gasteiger partial charge in [-0.05, 0) is 52.9 Å². The molecule has 272 valence electrons. The van der Waals surface area contributed by atoms with Crippen molar-refractivity contribution in [3.8, 4) is 0 Å². The van der Waals surface area contributed by atoms with Crippen LogP contribution in [0.15, 0.2) is 0 Å². The Hall–Kier alpha value is -3.18. The van der Waals surface area contributed by atoms with Crippen LogP contribution >= 0.6 is 0 Å². The number of nitrogens with one attached hydrogen (secondary N) is 5. The molecule has 12 heteroatoms. The lowest BCUT2D eigenvalue weighted by Crippen LogP contribution is -2.57. The summed E-state index contributed by atoms with van der Waals surface area (Å²) in [5.41, 5.74) is 0. The van der Waals surface area contributed by atoms with Crippen molar-refractivity contribution in [1.82, 2.24) is 26.6 Å². The van der Waals surface area contributed by atoms with E-state index in [-0.39, 0.29) is 24.7 Å². The molecule has 0 saturated heterocycles. The number of rotatable bonds is 27. The molecule has 0 fully saturated rings. The molecule has 0 heterocycles. The maximum absolute atomic E-state index is 13.0. The van der Waals surface area contributed by atoms with Gasteiger partial charge in [-0.15, -0.1) is 0 Å². The van der Waals surface area contributed by atoms with Crippen LogP contribution in [0.1, 0.15) is 151 Å². The standard InChI is InChI=1S/C35H65N5O7/c1-8-9-10-11-12-13-14-15-16-17-18-19-20-21-29(41)40-31(24(2)3)35(47)39-28(7)34(46)38-27(6)33(45)37-26(5)32(44)36-25(4)22-23-30(42)43/h24-28,31H,8-23H2,1-7H3,(H,36,44)(H,37,45)(H,38,46)(H,39,47)(H,40,41)(H,42,43)/p-1/t25-,26+,27+,28+,31+/m1/s1. The minimum atomic E-state index is -1.22. The van der Waals surface area contributed by atoms with Crippen LogP contribution in [0.2, 0.25) is 0 Å². The molecular formula is C35H64N5O7-. The average molecular weight is 667 g/mol. The third-order valence-electron chi connectivity index (χ3n) is 8.20. The van der Waals surface area contributed by atoms with Crippen LogP contribution in [0.5, 0.6) is 0 Å². The second-order valence-electron chi connectivity index (χ2n) is 13.3. The van der Waals surface area contributed by atoms with Gasteiger partial charge in [0.05, 0.1) is 0 Å². The van der Waals surface area contributed by atoms with Crippen molar-refractivity contribution >= 4 is 35.5 Å². The first-order chi connectivity index (χ1) is 22.2. The fraction of sp³-hybridized carbons (Fsp3) is 0.829. The molecular weight excluding hydrogens is 602 g/mol. The van der Waals surface area contributed by atoms with Crippen molar-refractivity contribution in [3.63, 3.8) is 0 Å². The molecule has 0 aromatic rings. The van der Waals surface area contributed by atoms with Crippen LogP contribution in [0.3, 0.4) is 0 Å². The van der Waals surface area contributed by atoms with Gasteiger partial charge in [-0.25, -0.2) is 0 Å². The maximum Gasteiger partial charge on any atom is 0.243 e. The van der Waals surface area contributed by atoms with Gasteiger partial charge in [-0.1, -0.05) is 97.8 Å². The fourth-order valence-electron chi connectivity index (χ4n) is 5.03. The van der Waals surface area contributed by atoms with E-state index in [0.29, 0.717) is 6.42 Å². The minimum Gasteiger partial charge on any atom is -0.550 e. The molecule has 0 aliphatic carbocycles. The molecule has 0 aliphatic heterocycles. The first-order valence-electron chi connectivity index (χ1n) is 17.9. The van der Waals surface area contributed by atoms with Crippen molar-refractivity contribution in [3.05, 3.63) is 0 Å². The zero-order valence-corrected chi connectivity index (χ0v) is 30.1. The number of aliphatic carboxylic acids is 1. The molecule has 0 aromatic heterocycles. The van der Waals surface area contributed by atoms with Crippen molar-refractivity contribution in [2.45, 2.75) is 181 Å². The van der Waals surface area contributed by atoms with Crippen LogP contribution in [0, 0.1) is 5.92 Å². The number of hydrogen-bond acceptors (Lipinski definition) is 7. The highest BCUT2D eigenvalue weighted by atomic mass is 16.4. The summed E-state index contributed by atoms with van der Waals surface area (Å²) >= 11 is 0. The average Bonchev–Trinajstić information content (AvgIpc) is 3.00. The lowest BCUT2D eigenvalue weighted by molar-refractivity contribution is -0.305. The summed E-state index contributed by atoms with van der Waals surface area (Å²) in [4.78, 5) is 73.8. The number of carboxylic acids is 1. The van der Waals surface area contributed by atoms with Crippen LogP contribution in [0.25, 0.3) is 0 Å². The quantitative estimate of drug-likeness (QED) is 0.0834. The van der Waals surface area contributed by atoms with Gasteiger partial charge >= 0.3 is 0 Å². The van der Waals surface area contributed by atoms with E-state index in [1.54, 1.807) is 6.92 Å². The Morgan fingerprint density at radius 3 is 1.28 bits per heavy atom. The zero-order valence-electron chi connectivity index (χ0n) is 30.1. The Labute approximate surface area is 283 Å². The Morgan fingerprint density at radius 1 is 0.489 bits per heavy atom. The van der Waals surface area contributed by atoms with Crippen molar-refractivity contribution in [2.75, 3.05) is 0 Å². The van der Waals surface area contributed by atoms with E-state index in [4.69, 9.17) is 0 Å². The predicted molar refractivity (Wildman–Crippen MR) is 182 cm³/mol. The van der Waals surface area contributed by atoms with Gasteiger partial charge in [0, 0.05) is 18.4 Å². The van der Waals surface area contributed by atoms with Gasteiger partial charge in [-0.2, -0.15) is 0 Å². The molecule has 5 amide bonds. The third-order valence-corrected chi connectivity index (χ3v) is 8.20. The van der Waals surface area contributed by atoms with E-state index < -0.39 is 59.8 Å². The van der Waals surface area contributed by atoms with Crippen molar-refractivity contribution in [1.29, 1.82) is 0 Å². The largest absolute Gasteiger partial charge is 0.550 e. The van der Waals surface area contributed by atoms with Gasteiger partial charge in [-0.3, -0.25) is 24.0 Å². The van der Waals surface area contributed by atoms with E-state index in [2.05, 4.69) is 33.5 Å². The molecule has 0 radical (unpaired) electrons. The third kappa shape index (κ3) is 22.1. The highest BCUT2D eigenvalue weighted by Gasteiger charge is 2.28. The Kier molecular flexibility index (Phi) is 24.1. The molecule has 0 unspecified atom stereocenters. The van der Waals surface area contributed by atoms with Crippen LogP contribution < -0.4 is 31.7 Å². The van der Waals surface area contributed by atoms with Crippen LogP contribution in [0.4, 0.5) is 0 Å². The summed E-state index contributed by atoms with van der Waals surface area (Å²) < 4.78 is 0. The van der Waals surface area contributed by atoms with Crippen molar-refractivity contribution in [2.24, 2.45) is 5.92 Å². The highest BCUT2D eigenvalue weighted by Crippen LogP contribution is 2.13. The molecule has 5 atom stereocenters. The summed E-state index contributed by atoms with van der Waals surface area (Å²) in [5, 5.41) is 23.7. The summed E-state index contributed by atoms with van der Waals surface area (Å²) in [6.45, 7) is 11.9. The molecule has 0 aromatic carbocycles. The molecule has 47 heavy (non-hydrogen) atoms. The number of amides is 5. The monoisotopic (exact) mass is 666 g/mol. The second-order valence-corrected chi connectivity index (χ2v) is 13.3. The lowest BCUT2D eigenvalue weighted by atomic mass is 10.0. The van der Waals surface area contributed by atoms with Gasteiger partial charge in [0.25, 0.3) is 0 Å². The molecule has 5 N–H and O–H groups in total. The SMILES string of the molecule is CCCCCCCCCCCCCCCC(=O)N[C@H](C(=O)N[C@@H](C)C(=O)N[C@@H](C)C(=O)N[C@@H](C)C(=O)N[C@H](C)CCC(=O)[O-])C(C)C. The normalized spacial score (nSPS) is 14.3. The van der Waals surface area contributed by atoms with Gasteiger partial charge in [0.2, 0.25) is 29.5 Å². The number of unbranched alkanes of at least 4 members (excludes halogenated alkanes) is 12. The summed E-state index contributed by atoms with van der Waals surface area (Å²) in [5.74, 6) is -3.82. The van der Waals surface area contributed by atoms with E-state index in [0.717, 1.165) is 19.3 Å². The van der Waals surface area contributed by atoms with E-state index in [9.17, 15) is 33.9 Å². The summed E-state index contributed by atoms with van der Waals surface area (Å²) in [6, 6.07) is -4.16. The first-order valence-corrected chi connectivity index (χ1v) is 17.9. The van der Waals surface area contributed by atoms with Crippen LogP contribution in [-0.2, 0) is 28.8 Å². The predicted octanol–water partition coefficient (Wildman–Crippen LogP) is 3.16. The molecule has 0 spiro atoms. The fourth-order valence-corrected chi connectivity index (χ4v) is 5.03. The molecule has 12 nitrogen and oxygen atoms in total. The number of carboxylic acid groups (broad SMARTS) is 1. The smallest absolute Gasteiger partial charge is 0.243 e. The Morgan fingerprint density at radius 2 is 0.872 bits per heavy atom. The van der Waals surface area contributed by atoms with Crippen molar-refractivity contribution < 1.29 is 33.9 Å². The van der Waals surface area contributed by atoms with E-state index >= 15 is 0 Å². The molecule has 0 aliphatic rings. The minimum absolute atomic E-state index is 0.186. The van der Waals surface area contributed by atoms with Gasteiger partial charge < -0.3 is 36.5 Å². The number of carbonyl (C=O) groups is 6. The van der Waals surface area contributed by atoms with Crippen LogP contribution in [-0.4, -0.2) is 65.7 Å². The highest BCUT2D eigenvalue weighted by molar-refractivity contribution is 5.95. The second kappa shape index (κ2) is 25.9. The maximum atomic E-state index is 13.0. The number of carbonyl (C=O) groups excluding carboxylic acids is 6. The van der Waals surface area contributed by atoms with E-state index in [1.165, 1.54) is 85.0 Å². The topological polar surface area (TPSA) is 186 Å². The summed E-state index contributed by atoms with van der Waals surface area (Å²) in [7, 11) is 0. The zero-order chi connectivity index (χ0) is 35.8. The molecule has 0 bridgehead atoms. The van der Waals surface area contributed by atoms with E-state index in [1.807, 2.05) is 13.8 Å². The molecule has 0 saturated carbocycles. The lowest BCUT2D eigenvalue weighted by Gasteiger charge is -2.25. The Bertz CT molecular complexity index is 959. The first kappa shape index (κ1) is 43.8. The molecule has 0 rings (SSSR count). The Balaban J connectivity index is 4.45. The number of hydrogen-bond donors (Lipinski definition) is 5. The summed E-state index contributed by atoms with van der Waals surface area (Å²) in [6.07, 6.45) is 16.1.